The Bertz CT molecular complexity index is 413. The Morgan fingerprint density at radius 1 is 1.47 bits per heavy atom. The third-order valence-corrected chi connectivity index (χ3v) is 4.78. The predicted octanol–water partition coefficient (Wildman–Crippen LogP) is 3.02. The average Bonchev–Trinajstić information content (AvgIpc) is 2.26. The Morgan fingerprint density at radius 2 is 2.12 bits per heavy atom. The quantitative estimate of drug-likeness (QED) is 0.654. The molecular formula is C15H22O2. The molecule has 0 radical (unpaired) electrons. The molecule has 0 spiro atoms. The van der Waals surface area contributed by atoms with Crippen LogP contribution < -0.4 is 0 Å². The van der Waals surface area contributed by atoms with E-state index in [9.17, 15) is 9.90 Å². The molecule has 2 aliphatic rings. The molecule has 0 aliphatic heterocycles. The van der Waals surface area contributed by atoms with Crippen LogP contribution in [-0.4, -0.2) is 17.0 Å². The van der Waals surface area contributed by atoms with Crippen molar-refractivity contribution in [1.29, 1.82) is 0 Å². The number of ketones is 1. The van der Waals surface area contributed by atoms with Gasteiger partial charge in [-0.15, -0.1) is 0 Å². The Labute approximate surface area is 103 Å². The van der Waals surface area contributed by atoms with Crippen molar-refractivity contribution in [3.05, 3.63) is 22.8 Å². The van der Waals surface area contributed by atoms with Gasteiger partial charge in [0.05, 0.1) is 6.10 Å². The molecule has 94 valence electrons. The lowest BCUT2D eigenvalue weighted by Gasteiger charge is -2.47. The van der Waals surface area contributed by atoms with Crippen LogP contribution in [0.2, 0.25) is 0 Å². The summed E-state index contributed by atoms with van der Waals surface area (Å²) in [5.41, 5.74) is 3.26. The maximum atomic E-state index is 12.0. The zero-order valence-corrected chi connectivity index (χ0v) is 11.2. The SMILES string of the molecule is CC(C)=C1C[C@@]2(C)C(=CC1=O)CC[C@H](O)[C@H]2C. The highest BCUT2D eigenvalue weighted by molar-refractivity contribution is 6.06. The van der Waals surface area contributed by atoms with Gasteiger partial charge in [0, 0.05) is 0 Å². The molecule has 3 atom stereocenters. The second-order valence-electron chi connectivity index (χ2n) is 6.00. The molecule has 0 bridgehead atoms. The number of hydrogen-bond donors (Lipinski definition) is 1. The van der Waals surface area contributed by atoms with E-state index >= 15 is 0 Å². The summed E-state index contributed by atoms with van der Waals surface area (Å²) in [5, 5.41) is 10.0. The van der Waals surface area contributed by atoms with Crippen LogP contribution in [0.25, 0.3) is 0 Å². The van der Waals surface area contributed by atoms with Crippen molar-refractivity contribution < 1.29 is 9.90 Å². The summed E-state index contributed by atoms with van der Waals surface area (Å²) >= 11 is 0. The van der Waals surface area contributed by atoms with E-state index in [0.717, 1.165) is 30.4 Å². The van der Waals surface area contributed by atoms with Crippen LogP contribution in [0, 0.1) is 11.3 Å². The Kier molecular flexibility index (Phi) is 3.03. The first kappa shape index (κ1) is 12.6. The highest BCUT2D eigenvalue weighted by atomic mass is 16.3. The van der Waals surface area contributed by atoms with E-state index in [0.29, 0.717) is 0 Å². The van der Waals surface area contributed by atoms with Gasteiger partial charge >= 0.3 is 0 Å². The molecule has 0 heterocycles. The molecule has 0 amide bonds. The summed E-state index contributed by atoms with van der Waals surface area (Å²) in [7, 11) is 0. The normalized spacial score (nSPS) is 37.6. The minimum Gasteiger partial charge on any atom is -0.393 e. The van der Waals surface area contributed by atoms with Gasteiger partial charge in [-0.25, -0.2) is 0 Å². The monoisotopic (exact) mass is 234 g/mol. The van der Waals surface area contributed by atoms with Crippen molar-refractivity contribution >= 4 is 5.78 Å². The van der Waals surface area contributed by atoms with Gasteiger partial charge < -0.3 is 5.11 Å². The van der Waals surface area contributed by atoms with Gasteiger partial charge in [-0.3, -0.25) is 4.79 Å². The molecule has 1 fully saturated rings. The minimum atomic E-state index is -0.233. The summed E-state index contributed by atoms with van der Waals surface area (Å²) in [4.78, 5) is 12.0. The van der Waals surface area contributed by atoms with Crippen LogP contribution in [0.15, 0.2) is 22.8 Å². The van der Waals surface area contributed by atoms with Crippen molar-refractivity contribution in [1.82, 2.24) is 0 Å². The summed E-state index contributed by atoms with van der Waals surface area (Å²) in [5.74, 6) is 0.408. The number of rotatable bonds is 0. The molecule has 2 heteroatoms. The van der Waals surface area contributed by atoms with Crippen molar-refractivity contribution in [3.63, 3.8) is 0 Å². The number of hydrogen-bond acceptors (Lipinski definition) is 2. The van der Waals surface area contributed by atoms with Crippen LogP contribution in [-0.2, 0) is 4.79 Å². The summed E-state index contributed by atoms with van der Waals surface area (Å²) in [6.07, 6.45) is 4.04. The predicted molar refractivity (Wildman–Crippen MR) is 68.6 cm³/mol. The largest absolute Gasteiger partial charge is 0.393 e. The molecule has 0 aromatic heterocycles. The molecule has 2 rings (SSSR count). The van der Waals surface area contributed by atoms with E-state index in [-0.39, 0.29) is 23.2 Å². The van der Waals surface area contributed by atoms with E-state index in [1.165, 1.54) is 5.57 Å². The van der Waals surface area contributed by atoms with Gasteiger partial charge in [0.2, 0.25) is 0 Å². The van der Waals surface area contributed by atoms with Gasteiger partial charge in [0.1, 0.15) is 0 Å². The average molecular weight is 234 g/mol. The third kappa shape index (κ3) is 1.89. The highest BCUT2D eigenvalue weighted by Gasteiger charge is 2.45. The van der Waals surface area contributed by atoms with Gasteiger partial charge in [-0.2, -0.15) is 0 Å². The standard InChI is InChI=1S/C15H22O2/c1-9(2)12-8-15(4)10(3)13(16)6-5-11(15)7-14(12)17/h7,10,13,16H,5-6,8H2,1-4H3/t10-,13+,15-/m1/s1. The first-order chi connectivity index (χ1) is 7.86. The first-order valence-corrected chi connectivity index (χ1v) is 6.46. The number of fused-ring (bicyclic) bond motifs is 1. The lowest BCUT2D eigenvalue weighted by Crippen LogP contribution is -2.43. The van der Waals surface area contributed by atoms with Gasteiger partial charge in [-0.05, 0) is 56.1 Å². The fraction of sp³-hybridized carbons (Fsp3) is 0.667. The van der Waals surface area contributed by atoms with E-state index < -0.39 is 0 Å². The summed E-state index contributed by atoms with van der Waals surface area (Å²) in [6, 6.07) is 0. The maximum absolute atomic E-state index is 12.0. The number of aliphatic hydroxyl groups is 1. The Morgan fingerprint density at radius 3 is 2.71 bits per heavy atom. The Balaban J connectivity index is 2.47. The lowest BCUT2D eigenvalue weighted by atomic mass is 9.58. The lowest BCUT2D eigenvalue weighted by molar-refractivity contribution is -0.112. The van der Waals surface area contributed by atoms with Crippen molar-refractivity contribution in [3.8, 4) is 0 Å². The molecule has 2 aliphatic carbocycles. The molecule has 1 N–H and O–H groups in total. The molecule has 0 aromatic carbocycles. The third-order valence-electron chi connectivity index (χ3n) is 4.78. The number of aliphatic hydroxyl groups excluding tert-OH is 1. The number of carbonyl (C=O) groups is 1. The van der Waals surface area contributed by atoms with Crippen molar-refractivity contribution in [2.24, 2.45) is 11.3 Å². The van der Waals surface area contributed by atoms with Gasteiger partial charge in [0.25, 0.3) is 0 Å². The number of allylic oxidation sites excluding steroid dienone is 4. The van der Waals surface area contributed by atoms with Crippen LogP contribution in [0.5, 0.6) is 0 Å². The van der Waals surface area contributed by atoms with E-state index in [4.69, 9.17) is 0 Å². The van der Waals surface area contributed by atoms with Crippen LogP contribution in [0.4, 0.5) is 0 Å². The van der Waals surface area contributed by atoms with E-state index in [1.54, 1.807) is 0 Å². The molecule has 2 nitrogen and oxygen atoms in total. The molecule has 0 aromatic rings. The van der Waals surface area contributed by atoms with Crippen molar-refractivity contribution in [2.45, 2.75) is 53.1 Å². The van der Waals surface area contributed by atoms with E-state index in [2.05, 4.69) is 13.8 Å². The smallest absolute Gasteiger partial charge is 0.181 e. The molecule has 0 saturated heterocycles. The van der Waals surface area contributed by atoms with Gasteiger partial charge in [0.15, 0.2) is 5.78 Å². The van der Waals surface area contributed by atoms with Crippen LogP contribution in [0.3, 0.4) is 0 Å². The molecule has 0 unspecified atom stereocenters. The van der Waals surface area contributed by atoms with Gasteiger partial charge in [-0.1, -0.05) is 25.0 Å². The zero-order valence-electron chi connectivity index (χ0n) is 11.2. The van der Waals surface area contributed by atoms with E-state index in [1.807, 2.05) is 19.9 Å². The maximum Gasteiger partial charge on any atom is 0.181 e. The Hall–Kier alpha value is -0.890. The molecule has 17 heavy (non-hydrogen) atoms. The fourth-order valence-corrected chi connectivity index (χ4v) is 3.19. The minimum absolute atomic E-state index is 0.0296. The zero-order chi connectivity index (χ0) is 12.8. The van der Waals surface area contributed by atoms with Crippen LogP contribution in [0.1, 0.15) is 47.0 Å². The topological polar surface area (TPSA) is 37.3 Å². The highest BCUT2D eigenvalue weighted by Crippen LogP contribution is 2.51. The first-order valence-electron chi connectivity index (χ1n) is 6.46. The second-order valence-corrected chi connectivity index (χ2v) is 6.00. The summed E-state index contributed by atoms with van der Waals surface area (Å²) in [6.45, 7) is 8.30. The van der Waals surface area contributed by atoms with Crippen LogP contribution >= 0.6 is 0 Å². The fourth-order valence-electron chi connectivity index (χ4n) is 3.19. The molecular weight excluding hydrogens is 212 g/mol. The number of carbonyl (C=O) groups excluding carboxylic acids is 1. The summed E-state index contributed by atoms with van der Waals surface area (Å²) < 4.78 is 0. The molecule has 1 saturated carbocycles. The van der Waals surface area contributed by atoms with Crippen molar-refractivity contribution in [2.75, 3.05) is 0 Å². The second kappa shape index (κ2) is 4.09.